The smallest absolute Gasteiger partial charge is 0.238 e. The van der Waals surface area contributed by atoms with Gasteiger partial charge in [-0.1, -0.05) is 25.5 Å². The van der Waals surface area contributed by atoms with Crippen molar-refractivity contribution in [2.24, 2.45) is 0 Å². The summed E-state index contributed by atoms with van der Waals surface area (Å²) in [6.45, 7) is 7.87. The van der Waals surface area contributed by atoms with E-state index in [4.69, 9.17) is 0 Å². The Hall–Kier alpha value is -1.35. The van der Waals surface area contributed by atoms with Crippen LogP contribution in [-0.4, -0.2) is 29.9 Å². The summed E-state index contributed by atoms with van der Waals surface area (Å²) in [4.78, 5) is 14.6. The van der Waals surface area contributed by atoms with E-state index in [1.165, 1.54) is 24.8 Å². The van der Waals surface area contributed by atoms with E-state index >= 15 is 0 Å². The Balaban J connectivity index is 1.96. The highest BCUT2D eigenvalue weighted by atomic mass is 16.2. The first-order chi connectivity index (χ1) is 9.60. The molecule has 110 valence electrons. The summed E-state index contributed by atoms with van der Waals surface area (Å²) < 4.78 is 0. The number of nitrogens with one attached hydrogen (secondary N) is 1. The molecule has 0 saturated carbocycles. The van der Waals surface area contributed by atoms with Gasteiger partial charge in [-0.25, -0.2) is 0 Å². The average molecular weight is 274 g/mol. The SMILES string of the molecule is CCC1CCCCN1CC(=O)Nc1cc(C)ccc1C. The summed E-state index contributed by atoms with van der Waals surface area (Å²) in [5.41, 5.74) is 3.24. The fourth-order valence-corrected chi connectivity index (χ4v) is 2.98. The van der Waals surface area contributed by atoms with Crippen molar-refractivity contribution in [3.8, 4) is 0 Å². The molecular weight excluding hydrogens is 248 g/mol. The topological polar surface area (TPSA) is 32.3 Å². The third-order valence-electron chi connectivity index (χ3n) is 4.23. The van der Waals surface area contributed by atoms with Gasteiger partial charge in [-0.05, 0) is 56.8 Å². The lowest BCUT2D eigenvalue weighted by atomic mass is 10.00. The minimum Gasteiger partial charge on any atom is -0.325 e. The maximum atomic E-state index is 12.3. The predicted octanol–water partition coefficient (Wildman–Crippen LogP) is 3.51. The molecule has 2 rings (SSSR count). The minimum absolute atomic E-state index is 0.110. The van der Waals surface area contributed by atoms with E-state index < -0.39 is 0 Å². The zero-order chi connectivity index (χ0) is 14.5. The van der Waals surface area contributed by atoms with E-state index in [9.17, 15) is 4.79 Å². The third-order valence-corrected chi connectivity index (χ3v) is 4.23. The molecule has 1 atom stereocenters. The van der Waals surface area contributed by atoms with E-state index in [1.54, 1.807) is 0 Å². The van der Waals surface area contributed by atoms with Crippen LogP contribution in [0.5, 0.6) is 0 Å². The van der Waals surface area contributed by atoms with E-state index in [0.717, 1.165) is 24.2 Å². The molecule has 1 unspecified atom stereocenters. The van der Waals surface area contributed by atoms with Gasteiger partial charge < -0.3 is 5.32 Å². The van der Waals surface area contributed by atoms with Crippen molar-refractivity contribution in [2.45, 2.75) is 52.5 Å². The van der Waals surface area contributed by atoms with E-state index in [2.05, 4.69) is 29.3 Å². The number of nitrogens with zero attached hydrogens (tertiary/aromatic N) is 1. The largest absolute Gasteiger partial charge is 0.325 e. The van der Waals surface area contributed by atoms with Gasteiger partial charge in [0.05, 0.1) is 6.54 Å². The lowest BCUT2D eigenvalue weighted by Crippen LogP contribution is -2.43. The molecule has 0 spiro atoms. The fraction of sp³-hybridized carbons (Fsp3) is 0.588. The van der Waals surface area contributed by atoms with Gasteiger partial charge in [-0.3, -0.25) is 9.69 Å². The molecule has 1 aromatic carbocycles. The molecule has 3 nitrogen and oxygen atoms in total. The number of carbonyl (C=O) groups excluding carboxylic acids is 1. The van der Waals surface area contributed by atoms with Crippen molar-refractivity contribution in [1.29, 1.82) is 0 Å². The molecule has 1 N–H and O–H groups in total. The summed E-state index contributed by atoms with van der Waals surface area (Å²) in [5, 5.41) is 3.06. The number of likely N-dealkylation sites (tertiary alicyclic amines) is 1. The van der Waals surface area contributed by atoms with Crippen molar-refractivity contribution in [2.75, 3.05) is 18.4 Å². The second-order valence-electron chi connectivity index (χ2n) is 5.89. The first-order valence-corrected chi connectivity index (χ1v) is 7.71. The normalized spacial score (nSPS) is 19.9. The molecule has 0 bridgehead atoms. The summed E-state index contributed by atoms with van der Waals surface area (Å²) >= 11 is 0. The van der Waals surface area contributed by atoms with Crippen molar-refractivity contribution < 1.29 is 4.79 Å². The van der Waals surface area contributed by atoms with Crippen LogP contribution < -0.4 is 5.32 Å². The van der Waals surface area contributed by atoms with Crippen LogP contribution in [0.2, 0.25) is 0 Å². The molecule has 0 aliphatic carbocycles. The summed E-state index contributed by atoms with van der Waals surface area (Å²) in [7, 11) is 0. The maximum absolute atomic E-state index is 12.3. The van der Waals surface area contributed by atoms with Gasteiger partial charge in [0, 0.05) is 11.7 Å². The van der Waals surface area contributed by atoms with Gasteiger partial charge in [0.2, 0.25) is 5.91 Å². The Labute approximate surface area is 122 Å². The second kappa shape index (κ2) is 6.89. The number of benzene rings is 1. The summed E-state index contributed by atoms with van der Waals surface area (Å²) in [6.07, 6.45) is 4.88. The van der Waals surface area contributed by atoms with Crippen LogP contribution in [-0.2, 0) is 4.79 Å². The Bertz CT molecular complexity index is 470. The molecule has 1 heterocycles. The number of piperidine rings is 1. The predicted molar refractivity (Wildman–Crippen MR) is 84.0 cm³/mol. The van der Waals surface area contributed by atoms with Crippen molar-refractivity contribution >= 4 is 11.6 Å². The average Bonchev–Trinajstić information content (AvgIpc) is 2.43. The lowest BCUT2D eigenvalue weighted by Gasteiger charge is -2.34. The number of rotatable bonds is 4. The number of carbonyl (C=O) groups is 1. The van der Waals surface area contributed by atoms with Gasteiger partial charge >= 0.3 is 0 Å². The van der Waals surface area contributed by atoms with Crippen LogP contribution in [0.25, 0.3) is 0 Å². The molecule has 1 amide bonds. The molecule has 1 saturated heterocycles. The first-order valence-electron chi connectivity index (χ1n) is 7.71. The molecule has 3 heteroatoms. The highest BCUT2D eigenvalue weighted by Crippen LogP contribution is 2.20. The standard InChI is InChI=1S/C17H26N2O/c1-4-15-7-5-6-10-19(15)12-17(20)18-16-11-13(2)8-9-14(16)3/h8-9,11,15H,4-7,10,12H2,1-3H3,(H,18,20). The van der Waals surface area contributed by atoms with Crippen molar-refractivity contribution in [3.05, 3.63) is 29.3 Å². The Kier molecular flexibility index (Phi) is 5.18. The van der Waals surface area contributed by atoms with Crippen LogP contribution in [0.4, 0.5) is 5.69 Å². The Morgan fingerprint density at radius 3 is 2.90 bits per heavy atom. The van der Waals surface area contributed by atoms with Crippen LogP contribution in [0.15, 0.2) is 18.2 Å². The van der Waals surface area contributed by atoms with E-state index in [0.29, 0.717) is 12.6 Å². The highest BCUT2D eigenvalue weighted by Gasteiger charge is 2.22. The quantitative estimate of drug-likeness (QED) is 0.911. The highest BCUT2D eigenvalue weighted by molar-refractivity contribution is 5.93. The summed E-state index contributed by atoms with van der Waals surface area (Å²) in [6, 6.07) is 6.75. The monoisotopic (exact) mass is 274 g/mol. The van der Waals surface area contributed by atoms with Crippen LogP contribution in [0.3, 0.4) is 0 Å². The van der Waals surface area contributed by atoms with E-state index in [1.807, 2.05) is 19.9 Å². The number of hydrogen-bond donors (Lipinski definition) is 1. The number of amides is 1. The molecule has 0 radical (unpaired) electrons. The van der Waals surface area contributed by atoms with Gasteiger partial charge in [0.1, 0.15) is 0 Å². The molecule has 1 fully saturated rings. The fourth-order valence-electron chi connectivity index (χ4n) is 2.98. The lowest BCUT2D eigenvalue weighted by molar-refractivity contribution is -0.118. The van der Waals surface area contributed by atoms with Crippen molar-refractivity contribution in [3.63, 3.8) is 0 Å². The van der Waals surface area contributed by atoms with Gasteiger partial charge in [-0.15, -0.1) is 0 Å². The zero-order valence-electron chi connectivity index (χ0n) is 12.9. The molecule has 20 heavy (non-hydrogen) atoms. The Morgan fingerprint density at radius 1 is 1.35 bits per heavy atom. The van der Waals surface area contributed by atoms with Gasteiger partial charge in [-0.2, -0.15) is 0 Å². The zero-order valence-corrected chi connectivity index (χ0v) is 12.9. The number of aryl methyl sites for hydroxylation is 2. The van der Waals surface area contributed by atoms with Crippen LogP contribution in [0.1, 0.15) is 43.7 Å². The molecule has 1 aromatic rings. The minimum atomic E-state index is 0.110. The summed E-state index contributed by atoms with van der Waals surface area (Å²) in [5.74, 6) is 0.110. The van der Waals surface area contributed by atoms with Gasteiger partial charge in [0.15, 0.2) is 0 Å². The number of anilines is 1. The molecule has 1 aliphatic heterocycles. The first kappa shape index (κ1) is 15.0. The molecular formula is C17H26N2O. The third kappa shape index (κ3) is 3.83. The van der Waals surface area contributed by atoms with Crippen molar-refractivity contribution in [1.82, 2.24) is 4.90 Å². The van der Waals surface area contributed by atoms with E-state index in [-0.39, 0.29) is 5.91 Å². The second-order valence-corrected chi connectivity index (χ2v) is 5.89. The van der Waals surface area contributed by atoms with Crippen LogP contribution >= 0.6 is 0 Å². The van der Waals surface area contributed by atoms with Gasteiger partial charge in [0.25, 0.3) is 0 Å². The number of hydrogen-bond acceptors (Lipinski definition) is 2. The molecule has 0 aromatic heterocycles. The maximum Gasteiger partial charge on any atom is 0.238 e. The van der Waals surface area contributed by atoms with Crippen LogP contribution in [0, 0.1) is 13.8 Å². The molecule has 1 aliphatic rings. The Morgan fingerprint density at radius 2 is 2.15 bits per heavy atom.